The number of aromatic hydroxyl groups is 1. The van der Waals surface area contributed by atoms with Gasteiger partial charge in [0.15, 0.2) is 0 Å². The zero-order valence-electron chi connectivity index (χ0n) is 12.0. The molecule has 112 valence electrons. The van der Waals surface area contributed by atoms with E-state index < -0.39 is 0 Å². The largest absolute Gasteiger partial charge is 0.508 e. The third-order valence-electron chi connectivity index (χ3n) is 4.33. The van der Waals surface area contributed by atoms with Gasteiger partial charge >= 0.3 is 0 Å². The van der Waals surface area contributed by atoms with Crippen molar-refractivity contribution in [2.75, 3.05) is 26.2 Å². The van der Waals surface area contributed by atoms with E-state index in [0.29, 0.717) is 5.56 Å². The maximum Gasteiger partial charge on any atom is 0.121 e. The number of hydrogen-bond acceptors (Lipinski definition) is 4. The number of fused-ring (bicyclic) bond motifs is 4. The van der Waals surface area contributed by atoms with Crippen LogP contribution in [-0.2, 0) is 13.0 Å². The first-order chi connectivity index (χ1) is 10.2. The molecule has 0 aromatic heterocycles. The normalized spacial score (nSPS) is 28.6. The molecule has 4 heteroatoms. The Kier molecular flexibility index (Phi) is 4.10. The molecule has 2 heterocycles. The number of allylic oxidation sites excluding steroid dienone is 2. The quantitative estimate of drug-likeness (QED) is 0.767. The average molecular weight is 287 g/mol. The molecule has 0 spiro atoms. The summed E-state index contributed by atoms with van der Waals surface area (Å²) in [6.07, 6.45) is 7.14. The van der Waals surface area contributed by atoms with Gasteiger partial charge in [-0.1, -0.05) is 18.2 Å². The highest BCUT2D eigenvalue weighted by Crippen LogP contribution is 2.31. The van der Waals surface area contributed by atoms with Crippen LogP contribution in [0, 0.1) is 5.92 Å². The molecule has 0 amide bonds. The number of benzene rings is 1. The summed E-state index contributed by atoms with van der Waals surface area (Å²) in [5.74, 6) is 0.296. The fourth-order valence-corrected chi connectivity index (χ4v) is 3.07. The van der Waals surface area contributed by atoms with Gasteiger partial charge in [0.25, 0.3) is 0 Å². The van der Waals surface area contributed by atoms with Gasteiger partial charge in [-0.05, 0) is 35.3 Å². The first-order valence-corrected chi connectivity index (χ1v) is 7.39. The van der Waals surface area contributed by atoms with Crippen molar-refractivity contribution in [3.05, 3.63) is 47.1 Å². The molecule has 2 aliphatic rings. The second-order valence-electron chi connectivity index (χ2n) is 5.77. The SMILES string of the molecule is OCc1cc2c(cc1O)C1=C\CN(CC2)CC(CO)/C=C\1. The number of aliphatic hydroxyl groups excluding tert-OH is 2. The summed E-state index contributed by atoms with van der Waals surface area (Å²) in [5, 5.41) is 28.8. The van der Waals surface area contributed by atoms with Crippen molar-refractivity contribution in [3.63, 3.8) is 0 Å². The molecule has 1 aromatic rings. The van der Waals surface area contributed by atoms with E-state index in [2.05, 4.69) is 11.0 Å². The topological polar surface area (TPSA) is 63.9 Å². The maximum absolute atomic E-state index is 10.0. The first-order valence-electron chi connectivity index (χ1n) is 7.39. The monoisotopic (exact) mass is 287 g/mol. The fraction of sp³-hybridized carbons (Fsp3) is 0.412. The maximum atomic E-state index is 10.0. The van der Waals surface area contributed by atoms with E-state index >= 15 is 0 Å². The number of phenols is 1. The van der Waals surface area contributed by atoms with Crippen molar-refractivity contribution in [3.8, 4) is 5.75 Å². The standard InChI is InChI=1S/C17H21NO3/c19-10-12-1-2-13-3-5-18(9-12)6-4-14-7-15(11-20)17(21)8-16(13)14/h1-3,7-8,12,19-21H,4-6,9-11H2/b2-1-,13-3-. The Bertz CT molecular complexity index is 592. The molecule has 0 saturated heterocycles. The number of nitrogens with zero attached hydrogens (tertiary/aromatic N) is 1. The highest BCUT2D eigenvalue weighted by atomic mass is 16.3. The highest BCUT2D eigenvalue weighted by Gasteiger charge is 2.19. The lowest BCUT2D eigenvalue weighted by Crippen LogP contribution is -2.34. The van der Waals surface area contributed by atoms with Crippen LogP contribution in [0.2, 0.25) is 0 Å². The predicted molar refractivity (Wildman–Crippen MR) is 81.9 cm³/mol. The van der Waals surface area contributed by atoms with E-state index in [1.165, 1.54) is 0 Å². The molecule has 21 heavy (non-hydrogen) atoms. The van der Waals surface area contributed by atoms with Gasteiger partial charge in [-0.2, -0.15) is 0 Å². The van der Waals surface area contributed by atoms with Crippen LogP contribution >= 0.6 is 0 Å². The molecule has 4 nitrogen and oxygen atoms in total. The molecule has 0 fully saturated rings. The van der Waals surface area contributed by atoms with Gasteiger partial charge in [-0.3, -0.25) is 4.90 Å². The van der Waals surface area contributed by atoms with E-state index in [4.69, 9.17) is 0 Å². The van der Waals surface area contributed by atoms with Crippen molar-refractivity contribution >= 4 is 5.57 Å². The van der Waals surface area contributed by atoms with Gasteiger partial charge < -0.3 is 15.3 Å². The summed E-state index contributed by atoms with van der Waals surface area (Å²) < 4.78 is 0. The van der Waals surface area contributed by atoms with Crippen LogP contribution in [0.1, 0.15) is 16.7 Å². The van der Waals surface area contributed by atoms with E-state index in [9.17, 15) is 15.3 Å². The molecule has 1 aromatic carbocycles. The summed E-state index contributed by atoms with van der Waals surface area (Å²) in [7, 11) is 0. The lowest BCUT2D eigenvalue weighted by atomic mass is 9.91. The van der Waals surface area contributed by atoms with Crippen molar-refractivity contribution in [2.45, 2.75) is 13.0 Å². The molecule has 3 rings (SSSR count). The van der Waals surface area contributed by atoms with E-state index in [1.54, 1.807) is 6.07 Å². The molecule has 2 aliphatic heterocycles. The van der Waals surface area contributed by atoms with Gasteiger partial charge in [0, 0.05) is 31.1 Å². The highest BCUT2D eigenvalue weighted by molar-refractivity contribution is 5.78. The van der Waals surface area contributed by atoms with Crippen LogP contribution in [0.25, 0.3) is 5.57 Å². The van der Waals surface area contributed by atoms with E-state index in [0.717, 1.165) is 42.8 Å². The second kappa shape index (κ2) is 6.02. The Balaban J connectivity index is 2.08. The minimum absolute atomic E-state index is 0.142. The van der Waals surface area contributed by atoms with Crippen LogP contribution in [0.4, 0.5) is 0 Å². The zero-order valence-corrected chi connectivity index (χ0v) is 12.0. The molecule has 0 radical (unpaired) electrons. The van der Waals surface area contributed by atoms with Gasteiger partial charge in [-0.25, -0.2) is 0 Å². The minimum Gasteiger partial charge on any atom is -0.508 e. The van der Waals surface area contributed by atoms with Crippen molar-refractivity contribution < 1.29 is 15.3 Å². The summed E-state index contributed by atoms with van der Waals surface area (Å²) in [5.41, 5.74) is 3.83. The Labute approximate surface area is 124 Å². The first kappa shape index (κ1) is 14.3. The van der Waals surface area contributed by atoms with Crippen LogP contribution in [0.15, 0.2) is 30.4 Å². The van der Waals surface area contributed by atoms with Crippen molar-refractivity contribution in [1.82, 2.24) is 4.90 Å². The van der Waals surface area contributed by atoms with Crippen LogP contribution in [0.5, 0.6) is 5.75 Å². The average Bonchev–Trinajstić information content (AvgIpc) is 2.46. The van der Waals surface area contributed by atoms with E-state index in [-0.39, 0.29) is 24.9 Å². The zero-order chi connectivity index (χ0) is 14.8. The lowest BCUT2D eigenvalue weighted by molar-refractivity contribution is 0.197. The molecule has 2 bridgehead atoms. The molecular weight excluding hydrogens is 266 g/mol. The smallest absolute Gasteiger partial charge is 0.121 e. The van der Waals surface area contributed by atoms with Crippen LogP contribution in [-0.4, -0.2) is 46.5 Å². The summed E-state index contributed by atoms with van der Waals surface area (Å²) in [6, 6.07) is 3.66. The number of hydrogen-bond donors (Lipinski definition) is 3. The van der Waals surface area contributed by atoms with Gasteiger partial charge in [-0.15, -0.1) is 0 Å². The number of rotatable bonds is 2. The fourth-order valence-electron chi connectivity index (χ4n) is 3.07. The lowest BCUT2D eigenvalue weighted by Gasteiger charge is -2.29. The van der Waals surface area contributed by atoms with Gasteiger partial charge in [0.05, 0.1) is 13.2 Å². The van der Waals surface area contributed by atoms with Gasteiger partial charge in [0.1, 0.15) is 5.75 Å². The van der Waals surface area contributed by atoms with Crippen LogP contribution < -0.4 is 0 Å². The third-order valence-corrected chi connectivity index (χ3v) is 4.33. The van der Waals surface area contributed by atoms with Crippen molar-refractivity contribution in [1.29, 1.82) is 0 Å². The van der Waals surface area contributed by atoms with Crippen molar-refractivity contribution in [2.24, 2.45) is 5.92 Å². The molecular formula is C17H21NO3. The molecule has 0 aliphatic carbocycles. The molecule has 0 saturated carbocycles. The van der Waals surface area contributed by atoms with E-state index in [1.807, 2.05) is 18.2 Å². The number of aliphatic hydroxyl groups is 2. The Hall–Kier alpha value is -1.62. The summed E-state index contributed by atoms with van der Waals surface area (Å²) in [4.78, 5) is 2.33. The molecule has 2 unspecified atom stereocenters. The molecule has 3 N–H and O–H groups in total. The predicted octanol–water partition coefficient (Wildman–Crippen LogP) is 1.30. The van der Waals surface area contributed by atoms with Crippen LogP contribution in [0.3, 0.4) is 0 Å². The third kappa shape index (κ3) is 2.88. The molecule has 2 atom stereocenters. The Morgan fingerprint density at radius 1 is 1.24 bits per heavy atom. The minimum atomic E-state index is -0.149. The second-order valence-corrected chi connectivity index (χ2v) is 5.77. The Morgan fingerprint density at radius 2 is 2.10 bits per heavy atom. The summed E-state index contributed by atoms with van der Waals surface area (Å²) >= 11 is 0. The van der Waals surface area contributed by atoms with Gasteiger partial charge in [0.2, 0.25) is 0 Å². The summed E-state index contributed by atoms with van der Waals surface area (Å²) in [6.45, 7) is 2.64. The Morgan fingerprint density at radius 3 is 2.86 bits per heavy atom.